The molecule has 0 unspecified atom stereocenters. The zero-order valence-corrected chi connectivity index (χ0v) is 15.0. The van der Waals surface area contributed by atoms with Gasteiger partial charge in [-0.15, -0.1) is 0 Å². The maximum atomic E-state index is 12.0. The van der Waals surface area contributed by atoms with Crippen LogP contribution in [0.2, 0.25) is 0 Å². The van der Waals surface area contributed by atoms with Gasteiger partial charge in [0.15, 0.2) is 0 Å². The van der Waals surface area contributed by atoms with Gasteiger partial charge in [-0.2, -0.15) is 11.8 Å². The van der Waals surface area contributed by atoms with Crippen LogP contribution in [-0.2, 0) is 10.0 Å². The summed E-state index contributed by atoms with van der Waals surface area (Å²) in [6.45, 7) is 2.23. The first kappa shape index (κ1) is 18.1. The van der Waals surface area contributed by atoms with E-state index in [0.29, 0.717) is 17.8 Å². The number of hydrogen-bond donors (Lipinski definition) is 2. The number of hydrogen-bond acceptors (Lipinski definition) is 4. The highest BCUT2D eigenvalue weighted by Crippen LogP contribution is 2.28. The Hall–Kier alpha value is -1.21. The third kappa shape index (κ3) is 6.06. The number of carbonyl (C=O) groups excluding carboxylic acids is 1. The van der Waals surface area contributed by atoms with Crippen LogP contribution in [0.5, 0.6) is 0 Å². The minimum Gasteiger partial charge on any atom is -0.351 e. The molecule has 1 aliphatic rings. The molecule has 0 heterocycles. The molecule has 2 rings (SSSR count). The van der Waals surface area contributed by atoms with Crippen molar-refractivity contribution in [3.8, 4) is 0 Å². The van der Waals surface area contributed by atoms with Gasteiger partial charge in [-0.1, -0.05) is 12.8 Å². The van der Waals surface area contributed by atoms with Crippen LogP contribution >= 0.6 is 11.8 Å². The van der Waals surface area contributed by atoms with Crippen molar-refractivity contribution in [1.82, 2.24) is 5.32 Å². The zero-order chi connectivity index (χ0) is 16.7. The van der Waals surface area contributed by atoms with Gasteiger partial charge in [0.2, 0.25) is 10.0 Å². The van der Waals surface area contributed by atoms with Crippen molar-refractivity contribution in [1.29, 1.82) is 0 Å². The average molecular weight is 357 g/mol. The van der Waals surface area contributed by atoms with Gasteiger partial charge in [0.1, 0.15) is 0 Å². The van der Waals surface area contributed by atoms with Crippen molar-refractivity contribution < 1.29 is 13.2 Å². The van der Waals surface area contributed by atoms with Crippen LogP contribution in [0.1, 0.15) is 43.0 Å². The van der Waals surface area contributed by atoms with Crippen molar-refractivity contribution in [3.05, 3.63) is 29.8 Å². The van der Waals surface area contributed by atoms with E-state index >= 15 is 0 Å². The molecule has 0 radical (unpaired) electrons. The largest absolute Gasteiger partial charge is 0.351 e. The molecule has 128 valence electrons. The molecule has 1 aromatic rings. The summed E-state index contributed by atoms with van der Waals surface area (Å²) in [6.07, 6.45) is 5.26. The lowest BCUT2D eigenvalue weighted by molar-refractivity contribution is 0.0956. The number of benzene rings is 1. The third-order valence-corrected chi connectivity index (χ3v) is 6.53. The van der Waals surface area contributed by atoms with Gasteiger partial charge < -0.3 is 5.32 Å². The maximum absolute atomic E-state index is 12.0. The fourth-order valence-electron chi connectivity index (χ4n) is 2.49. The van der Waals surface area contributed by atoms with E-state index in [9.17, 15) is 13.2 Å². The summed E-state index contributed by atoms with van der Waals surface area (Å²) in [7, 11) is -3.28. The van der Waals surface area contributed by atoms with Crippen molar-refractivity contribution in [3.63, 3.8) is 0 Å². The first-order valence-electron chi connectivity index (χ1n) is 8.00. The van der Waals surface area contributed by atoms with E-state index in [2.05, 4.69) is 10.0 Å². The van der Waals surface area contributed by atoms with E-state index in [1.165, 1.54) is 25.7 Å². The number of rotatable bonds is 8. The fraction of sp³-hybridized carbons (Fsp3) is 0.562. The van der Waals surface area contributed by atoms with Crippen LogP contribution in [-0.4, -0.2) is 37.6 Å². The van der Waals surface area contributed by atoms with Crippen LogP contribution in [0.3, 0.4) is 0 Å². The molecule has 1 amide bonds. The molecule has 23 heavy (non-hydrogen) atoms. The first-order chi connectivity index (χ1) is 11.0. The van der Waals surface area contributed by atoms with Crippen molar-refractivity contribution in [2.45, 2.75) is 37.9 Å². The van der Waals surface area contributed by atoms with Gasteiger partial charge in [-0.3, -0.25) is 9.52 Å². The van der Waals surface area contributed by atoms with E-state index in [-0.39, 0.29) is 11.7 Å². The Balaban J connectivity index is 1.76. The molecule has 1 aromatic carbocycles. The minimum atomic E-state index is -3.28. The highest BCUT2D eigenvalue weighted by molar-refractivity contribution is 7.99. The van der Waals surface area contributed by atoms with Crippen LogP contribution in [0.4, 0.5) is 5.69 Å². The summed E-state index contributed by atoms with van der Waals surface area (Å²) in [5, 5.41) is 3.67. The third-order valence-electron chi connectivity index (χ3n) is 3.84. The summed E-state index contributed by atoms with van der Waals surface area (Å²) in [6, 6.07) is 6.48. The lowest BCUT2D eigenvalue weighted by Crippen LogP contribution is -2.26. The van der Waals surface area contributed by atoms with Crippen LogP contribution in [0.15, 0.2) is 24.3 Å². The van der Waals surface area contributed by atoms with Crippen LogP contribution < -0.4 is 10.0 Å². The molecule has 5 nitrogen and oxygen atoms in total. The summed E-state index contributed by atoms with van der Waals surface area (Å²) in [5.41, 5.74) is 1.01. The predicted octanol–water partition coefficient (Wildman–Crippen LogP) is 2.85. The summed E-state index contributed by atoms with van der Waals surface area (Å²) in [4.78, 5) is 12.0. The van der Waals surface area contributed by atoms with Gasteiger partial charge in [0, 0.05) is 28.8 Å². The maximum Gasteiger partial charge on any atom is 0.251 e. The lowest BCUT2D eigenvalue weighted by atomic mass is 10.2. The van der Waals surface area contributed by atoms with Gasteiger partial charge in [-0.25, -0.2) is 8.42 Å². The Morgan fingerprint density at radius 3 is 2.48 bits per heavy atom. The van der Waals surface area contributed by atoms with E-state index < -0.39 is 10.0 Å². The molecule has 7 heteroatoms. The molecule has 1 fully saturated rings. The number of sulfonamides is 1. The molecular weight excluding hydrogens is 332 g/mol. The monoisotopic (exact) mass is 356 g/mol. The van der Waals surface area contributed by atoms with Crippen molar-refractivity contribution in [2.75, 3.05) is 22.8 Å². The molecule has 0 spiro atoms. The summed E-state index contributed by atoms with van der Waals surface area (Å²) < 4.78 is 25.4. The molecule has 0 saturated heterocycles. The Labute approximate surface area is 142 Å². The van der Waals surface area contributed by atoms with Gasteiger partial charge >= 0.3 is 0 Å². The quantitative estimate of drug-likeness (QED) is 0.702. The SMILES string of the molecule is CCS(=O)(=O)Nc1ccc(C(=O)NCCSC2CCCC2)cc1. The Kier molecular flexibility index (Phi) is 6.77. The molecule has 1 saturated carbocycles. The summed E-state index contributed by atoms with van der Waals surface area (Å²) in [5.74, 6) is 0.834. The molecule has 0 aliphatic heterocycles. The normalized spacial score (nSPS) is 15.5. The highest BCUT2D eigenvalue weighted by Gasteiger charge is 2.15. The number of amides is 1. The second-order valence-corrected chi connectivity index (χ2v) is 9.04. The van der Waals surface area contributed by atoms with Crippen LogP contribution in [0, 0.1) is 0 Å². The molecule has 2 N–H and O–H groups in total. The molecule has 0 atom stereocenters. The molecule has 0 aromatic heterocycles. The number of anilines is 1. The average Bonchev–Trinajstić information content (AvgIpc) is 3.05. The Morgan fingerprint density at radius 1 is 1.22 bits per heavy atom. The second-order valence-electron chi connectivity index (χ2n) is 5.62. The van der Waals surface area contributed by atoms with E-state index in [1.807, 2.05) is 11.8 Å². The van der Waals surface area contributed by atoms with Crippen molar-refractivity contribution >= 4 is 33.4 Å². The Morgan fingerprint density at radius 2 is 1.87 bits per heavy atom. The van der Waals surface area contributed by atoms with E-state index in [0.717, 1.165) is 11.0 Å². The van der Waals surface area contributed by atoms with Gasteiger partial charge in [-0.05, 0) is 44.0 Å². The summed E-state index contributed by atoms with van der Waals surface area (Å²) >= 11 is 1.94. The van der Waals surface area contributed by atoms with Crippen LogP contribution in [0.25, 0.3) is 0 Å². The molecular formula is C16H24N2O3S2. The highest BCUT2D eigenvalue weighted by atomic mass is 32.2. The van der Waals surface area contributed by atoms with E-state index in [1.54, 1.807) is 31.2 Å². The second kappa shape index (κ2) is 8.59. The molecule has 1 aliphatic carbocycles. The van der Waals surface area contributed by atoms with Gasteiger partial charge in [0.25, 0.3) is 5.91 Å². The Bertz CT molecular complexity index is 609. The number of carbonyl (C=O) groups is 1. The van der Waals surface area contributed by atoms with E-state index in [4.69, 9.17) is 0 Å². The van der Waals surface area contributed by atoms with Gasteiger partial charge in [0.05, 0.1) is 5.75 Å². The predicted molar refractivity (Wildman–Crippen MR) is 96.6 cm³/mol. The standard InChI is InChI=1S/C16H24N2O3S2/c1-2-23(20,21)18-14-9-7-13(8-10-14)16(19)17-11-12-22-15-5-3-4-6-15/h7-10,15,18H,2-6,11-12H2,1H3,(H,17,19). The molecule has 0 bridgehead atoms. The topological polar surface area (TPSA) is 75.3 Å². The zero-order valence-electron chi connectivity index (χ0n) is 13.4. The fourth-order valence-corrected chi connectivity index (χ4v) is 4.35. The minimum absolute atomic E-state index is 0.0217. The van der Waals surface area contributed by atoms with Crippen molar-refractivity contribution in [2.24, 2.45) is 0 Å². The smallest absolute Gasteiger partial charge is 0.251 e. The first-order valence-corrected chi connectivity index (χ1v) is 10.7. The lowest BCUT2D eigenvalue weighted by Gasteiger charge is -2.10. The number of nitrogens with one attached hydrogen (secondary N) is 2. The number of thioether (sulfide) groups is 1.